The molecule has 2 aliphatic heterocycles. The lowest BCUT2D eigenvalue weighted by atomic mass is 9.73. The zero-order valence-corrected chi connectivity index (χ0v) is 16.3. The number of amides is 1. The molecular formula is C19H35N5O2. The Morgan fingerprint density at radius 2 is 2.00 bits per heavy atom. The van der Waals surface area contributed by atoms with E-state index in [2.05, 4.69) is 40.4 Å². The minimum Gasteiger partial charge on any atom is -0.352 e. The normalized spacial score (nSPS) is 46.4. The summed E-state index contributed by atoms with van der Waals surface area (Å²) in [5, 5.41) is 9.00. The molecule has 26 heavy (non-hydrogen) atoms. The summed E-state index contributed by atoms with van der Waals surface area (Å²) in [4.78, 5) is 18.3. The number of nitrogens with one attached hydrogen (secondary N) is 4. The van der Waals surface area contributed by atoms with Crippen LogP contribution in [0.15, 0.2) is 0 Å². The van der Waals surface area contributed by atoms with Gasteiger partial charge < -0.3 is 5.32 Å². The Hall–Kier alpha value is -0.730. The summed E-state index contributed by atoms with van der Waals surface area (Å²) in [6.45, 7) is 4.30. The van der Waals surface area contributed by atoms with E-state index >= 15 is 0 Å². The Labute approximate surface area is 156 Å². The molecule has 4 rings (SSSR count). The molecule has 0 aromatic carbocycles. The summed E-state index contributed by atoms with van der Waals surface area (Å²) in [5.74, 6) is 2.21. The van der Waals surface area contributed by atoms with Crippen molar-refractivity contribution in [2.75, 3.05) is 7.05 Å². The Balaban J connectivity index is 1.28. The van der Waals surface area contributed by atoms with Crippen molar-refractivity contribution >= 4 is 5.91 Å². The molecule has 0 aromatic heterocycles. The molecule has 4 N–H and O–H groups in total. The minimum atomic E-state index is -0.0691. The highest BCUT2D eigenvalue weighted by atomic mass is 16.7. The van der Waals surface area contributed by atoms with Gasteiger partial charge in [-0.25, -0.2) is 10.4 Å². The number of carbonyl (C=O) groups excluding carboxylic acids is 1. The van der Waals surface area contributed by atoms with Crippen LogP contribution in [0.4, 0.5) is 0 Å². The van der Waals surface area contributed by atoms with Crippen LogP contribution in [0.5, 0.6) is 0 Å². The number of rotatable bonds is 4. The second-order valence-corrected chi connectivity index (χ2v) is 8.84. The third-order valence-corrected chi connectivity index (χ3v) is 7.23. The molecule has 0 aromatic rings. The van der Waals surface area contributed by atoms with Crippen molar-refractivity contribution in [1.29, 1.82) is 0 Å². The molecule has 8 atom stereocenters. The summed E-state index contributed by atoms with van der Waals surface area (Å²) < 4.78 is 0. The second kappa shape index (κ2) is 7.72. The standard InChI is InChI=1S/C19H35N5O2/c1-4-17-21-18(23-26-17)13-5-7-14-12(10-13)6-8-15(14)20-19(25)16-9-11(2)24(3)22-16/h11-18,21-23H,4-10H2,1-3H3,(H,20,25)/t11?,12?,13?,14?,15-,16?,17?,18?/m1/s1. The molecule has 148 valence electrons. The molecule has 2 saturated carbocycles. The maximum Gasteiger partial charge on any atom is 0.238 e. The van der Waals surface area contributed by atoms with Gasteiger partial charge in [-0.2, -0.15) is 5.48 Å². The van der Waals surface area contributed by atoms with Gasteiger partial charge in [0.15, 0.2) is 0 Å². The van der Waals surface area contributed by atoms with Crippen molar-refractivity contribution in [3.63, 3.8) is 0 Å². The predicted octanol–water partition coefficient (Wildman–Crippen LogP) is 1.08. The van der Waals surface area contributed by atoms with E-state index in [0.29, 0.717) is 23.9 Å². The van der Waals surface area contributed by atoms with Crippen LogP contribution in [-0.4, -0.2) is 48.5 Å². The van der Waals surface area contributed by atoms with E-state index in [1.165, 1.54) is 25.7 Å². The first-order valence-corrected chi connectivity index (χ1v) is 10.5. The van der Waals surface area contributed by atoms with Gasteiger partial charge in [0.2, 0.25) is 5.91 Å². The van der Waals surface area contributed by atoms with Crippen molar-refractivity contribution < 1.29 is 9.63 Å². The second-order valence-electron chi connectivity index (χ2n) is 8.84. The first-order valence-electron chi connectivity index (χ1n) is 10.5. The molecule has 0 radical (unpaired) electrons. The number of carbonyl (C=O) groups is 1. The van der Waals surface area contributed by atoms with Gasteiger partial charge >= 0.3 is 0 Å². The zero-order chi connectivity index (χ0) is 18.3. The number of hydrogen-bond acceptors (Lipinski definition) is 6. The predicted molar refractivity (Wildman–Crippen MR) is 99.5 cm³/mol. The lowest BCUT2D eigenvalue weighted by molar-refractivity contribution is -0.124. The summed E-state index contributed by atoms with van der Waals surface area (Å²) in [5.41, 5.74) is 6.50. The van der Waals surface area contributed by atoms with E-state index in [4.69, 9.17) is 4.84 Å². The molecule has 7 heteroatoms. The summed E-state index contributed by atoms with van der Waals surface area (Å²) >= 11 is 0. The number of hydrogen-bond donors (Lipinski definition) is 4. The van der Waals surface area contributed by atoms with E-state index in [9.17, 15) is 4.79 Å². The fourth-order valence-electron chi connectivity index (χ4n) is 5.51. The van der Waals surface area contributed by atoms with Crippen molar-refractivity contribution in [3.8, 4) is 0 Å². The first-order chi connectivity index (χ1) is 12.5. The number of fused-ring (bicyclic) bond motifs is 1. The smallest absolute Gasteiger partial charge is 0.238 e. The fourth-order valence-corrected chi connectivity index (χ4v) is 5.51. The van der Waals surface area contributed by atoms with Crippen LogP contribution in [0.25, 0.3) is 0 Å². The Morgan fingerprint density at radius 3 is 2.69 bits per heavy atom. The third-order valence-electron chi connectivity index (χ3n) is 7.23. The molecule has 1 amide bonds. The van der Waals surface area contributed by atoms with Crippen LogP contribution in [0.1, 0.15) is 58.8 Å². The number of hydroxylamine groups is 1. The Bertz CT molecular complexity index is 508. The largest absolute Gasteiger partial charge is 0.352 e. The van der Waals surface area contributed by atoms with E-state index in [1.807, 2.05) is 7.05 Å². The SMILES string of the molecule is CCC1NC(C2CCC3C(CC[C@H]3NC(=O)C3CC(C)N(C)N3)C2)NO1. The van der Waals surface area contributed by atoms with Crippen LogP contribution in [0.3, 0.4) is 0 Å². The van der Waals surface area contributed by atoms with Crippen LogP contribution in [-0.2, 0) is 9.63 Å². The van der Waals surface area contributed by atoms with Gasteiger partial charge in [-0.1, -0.05) is 6.92 Å². The summed E-state index contributed by atoms with van der Waals surface area (Å²) in [7, 11) is 2.02. The quantitative estimate of drug-likeness (QED) is 0.597. The molecule has 4 fully saturated rings. The molecule has 0 spiro atoms. The molecule has 7 nitrogen and oxygen atoms in total. The van der Waals surface area contributed by atoms with Crippen LogP contribution in [0.2, 0.25) is 0 Å². The molecule has 0 bridgehead atoms. The molecular weight excluding hydrogens is 330 g/mol. The molecule has 2 heterocycles. The highest BCUT2D eigenvalue weighted by Crippen LogP contribution is 2.45. The van der Waals surface area contributed by atoms with Crippen LogP contribution < -0.4 is 21.5 Å². The van der Waals surface area contributed by atoms with Crippen LogP contribution >= 0.6 is 0 Å². The maximum absolute atomic E-state index is 12.7. The van der Waals surface area contributed by atoms with Gasteiger partial charge in [-0.3, -0.25) is 14.9 Å². The van der Waals surface area contributed by atoms with Crippen molar-refractivity contribution in [2.45, 2.75) is 89.3 Å². The maximum atomic E-state index is 12.7. The Kier molecular flexibility index (Phi) is 5.53. The van der Waals surface area contributed by atoms with Crippen molar-refractivity contribution in [1.82, 2.24) is 26.5 Å². The van der Waals surface area contributed by atoms with E-state index < -0.39 is 0 Å². The average Bonchev–Trinajstić information content (AvgIpc) is 3.34. The van der Waals surface area contributed by atoms with E-state index in [0.717, 1.165) is 25.2 Å². The molecule has 7 unspecified atom stereocenters. The van der Waals surface area contributed by atoms with Gasteiger partial charge in [-0.15, -0.1) is 0 Å². The summed E-state index contributed by atoms with van der Waals surface area (Å²) in [6.07, 6.45) is 8.34. The van der Waals surface area contributed by atoms with Crippen LogP contribution in [0, 0.1) is 17.8 Å². The summed E-state index contributed by atoms with van der Waals surface area (Å²) in [6, 6.07) is 0.707. The van der Waals surface area contributed by atoms with E-state index in [1.54, 1.807) is 0 Å². The molecule has 2 saturated heterocycles. The van der Waals surface area contributed by atoms with Gasteiger partial charge in [0.05, 0.1) is 6.17 Å². The van der Waals surface area contributed by atoms with Crippen molar-refractivity contribution in [3.05, 3.63) is 0 Å². The topological polar surface area (TPSA) is 77.7 Å². The Morgan fingerprint density at radius 1 is 1.19 bits per heavy atom. The zero-order valence-electron chi connectivity index (χ0n) is 16.3. The van der Waals surface area contributed by atoms with Gasteiger partial charge in [-0.05, 0) is 69.6 Å². The fraction of sp³-hybridized carbons (Fsp3) is 0.947. The average molecular weight is 366 g/mol. The van der Waals surface area contributed by atoms with Gasteiger partial charge in [0.1, 0.15) is 12.3 Å². The highest BCUT2D eigenvalue weighted by molar-refractivity contribution is 5.82. The number of nitrogens with zero attached hydrogens (tertiary/aromatic N) is 1. The van der Waals surface area contributed by atoms with Gasteiger partial charge in [0.25, 0.3) is 0 Å². The molecule has 2 aliphatic carbocycles. The lowest BCUT2D eigenvalue weighted by Gasteiger charge is -2.36. The lowest BCUT2D eigenvalue weighted by Crippen LogP contribution is -2.50. The van der Waals surface area contributed by atoms with E-state index in [-0.39, 0.29) is 24.3 Å². The highest BCUT2D eigenvalue weighted by Gasteiger charge is 2.44. The first kappa shape index (κ1) is 18.6. The monoisotopic (exact) mass is 365 g/mol. The number of hydrazine groups is 1. The van der Waals surface area contributed by atoms with Crippen molar-refractivity contribution in [2.24, 2.45) is 17.8 Å². The van der Waals surface area contributed by atoms with Gasteiger partial charge in [0, 0.05) is 19.1 Å². The third kappa shape index (κ3) is 3.64. The minimum absolute atomic E-state index is 0.0691. The molecule has 4 aliphatic rings.